The molecular formula is C25H21NO2. The number of rotatable bonds is 5. The monoisotopic (exact) mass is 367 g/mol. The highest BCUT2D eigenvalue weighted by Gasteiger charge is 2.08. The molecule has 138 valence electrons. The Kier molecular flexibility index (Phi) is 5.07. The first-order valence-corrected chi connectivity index (χ1v) is 9.26. The van der Waals surface area contributed by atoms with Crippen LogP contribution >= 0.6 is 0 Å². The fourth-order valence-electron chi connectivity index (χ4n) is 3.08. The van der Waals surface area contributed by atoms with Gasteiger partial charge in [0.05, 0.1) is 0 Å². The SMILES string of the molecule is Cc1ccc(OCc2ccc(C(=O)Nc3cccc4ccccc34)cc2)cc1. The first kappa shape index (κ1) is 17.8. The topological polar surface area (TPSA) is 38.3 Å². The van der Waals surface area contributed by atoms with E-state index in [1.807, 2.05) is 97.9 Å². The van der Waals surface area contributed by atoms with E-state index < -0.39 is 0 Å². The largest absolute Gasteiger partial charge is 0.489 e. The van der Waals surface area contributed by atoms with Crippen molar-refractivity contribution in [3.05, 3.63) is 108 Å². The summed E-state index contributed by atoms with van der Waals surface area (Å²) in [5.41, 5.74) is 3.65. The number of ether oxygens (including phenoxy) is 1. The van der Waals surface area contributed by atoms with Crippen molar-refractivity contribution in [2.75, 3.05) is 5.32 Å². The number of hydrogen-bond donors (Lipinski definition) is 1. The average molecular weight is 367 g/mol. The van der Waals surface area contributed by atoms with E-state index in [-0.39, 0.29) is 5.91 Å². The quantitative estimate of drug-likeness (QED) is 0.471. The van der Waals surface area contributed by atoms with E-state index in [1.54, 1.807) is 0 Å². The minimum absolute atomic E-state index is 0.123. The van der Waals surface area contributed by atoms with Gasteiger partial charge >= 0.3 is 0 Å². The highest BCUT2D eigenvalue weighted by atomic mass is 16.5. The van der Waals surface area contributed by atoms with Crippen molar-refractivity contribution in [2.24, 2.45) is 0 Å². The van der Waals surface area contributed by atoms with Gasteiger partial charge in [-0.15, -0.1) is 0 Å². The summed E-state index contributed by atoms with van der Waals surface area (Å²) < 4.78 is 5.79. The number of carbonyl (C=O) groups excluding carboxylic acids is 1. The number of benzene rings is 4. The minimum atomic E-state index is -0.123. The molecule has 0 fully saturated rings. The van der Waals surface area contributed by atoms with E-state index in [9.17, 15) is 4.79 Å². The fourth-order valence-corrected chi connectivity index (χ4v) is 3.08. The molecule has 4 rings (SSSR count). The van der Waals surface area contributed by atoms with Gasteiger partial charge in [0.25, 0.3) is 5.91 Å². The van der Waals surface area contributed by atoms with Gasteiger partial charge < -0.3 is 10.1 Å². The molecule has 1 N–H and O–H groups in total. The molecule has 0 atom stereocenters. The minimum Gasteiger partial charge on any atom is -0.489 e. The molecule has 1 amide bonds. The summed E-state index contributed by atoms with van der Waals surface area (Å²) in [6.07, 6.45) is 0. The van der Waals surface area contributed by atoms with Gasteiger partial charge in [-0.2, -0.15) is 0 Å². The third kappa shape index (κ3) is 4.04. The van der Waals surface area contributed by atoms with Crippen LogP contribution in [0.3, 0.4) is 0 Å². The van der Waals surface area contributed by atoms with Crippen LogP contribution in [-0.4, -0.2) is 5.91 Å². The lowest BCUT2D eigenvalue weighted by Gasteiger charge is -2.10. The van der Waals surface area contributed by atoms with Crippen LogP contribution in [0.15, 0.2) is 91.0 Å². The number of amides is 1. The molecule has 0 aliphatic carbocycles. The summed E-state index contributed by atoms with van der Waals surface area (Å²) >= 11 is 0. The average Bonchev–Trinajstić information content (AvgIpc) is 2.74. The zero-order chi connectivity index (χ0) is 19.3. The van der Waals surface area contributed by atoms with Gasteiger partial charge in [-0.1, -0.05) is 66.2 Å². The van der Waals surface area contributed by atoms with Crippen molar-refractivity contribution in [1.82, 2.24) is 0 Å². The van der Waals surface area contributed by atoms with Crippen molar-refractivity contribution in [3.8, 4) is 5.75 Å². The van der Waals surface area contributed by atoms with Gasteiger partial charge in [-0.05, 0) is 48.2 Å². The van der Waals surface area contributed by atoms with E-state index >= 15 is 0 Å². The molecule has 0 aliphatic heterocycles. The summed E-state index contributed by atoms with van der Waals surface area (Å²) in [5.74, 6) is 0.714. The number of carbonyl (C=O) groups is 1. The molecule has 3 nitrogen and oxygen atoms in total. The van der Waals surface area contributed by atoms with Crippen LogP contribution in [0.25, 0.3) is 10.8 Å². The maximum atomic E-state index is 12.6. The zero-order valence-corrected chi connectivity index (χ0v) is 15.7. The molecule has 0 aliphatic rings. The molecule has 3 heteroatoms. The van der Waals surface area contributed by atoms with E-state index in [2.05, 4.69) is 5.32 Å². The predicted molar refractivity (Wildman–Crippen MR) is 114 cm³/mol. The van der Waals surface area contributed by atoms with E-state index in [1.165, 1.54) is 5.56 Å². The third-order valence-corrected chi connectivity index (χ3v) is 4.68. The first-order valence-electron chi connectivity index (χ1n) is 9.26. The summed E-state index contributed by atoms with van der Waals surface area (Å²) in [5, 5.41) is 5.14. The Morgan fingerprint density at radius 2 is 1.54 bits per heavy atom. The summed E-state index contributed by atoms with van der Waals surface area (Å²) in [7, 11) is 0. The van der Waals surface area contributed by atoms with Gasteiger partial charge in [0, 0.05) is 16.6 Å². The van der Waals surface area contributed by atoms with Crippen molar-refractivity contribution in [2.45, 2.75) is 13.5 Å². The van der Waals surface area contributed by atoms with Gasteiger partial charge in [-0.3, -0.25) is 4.79 Å². The van der Waals surface area contributed by atoms with E-state index in [4.69, 9.17) is 4.74 Å². The second-order valence-corrected chi connectivity index (χ2v) is 6.78. The molecule has 0 unspecified atom stereocenters. The second-order valence-electron chi connectivity index (χ2n) is 6.78. The summed E-state index contributed by atoms with van der Waals surface area (Å²) in [6.45, 7) is 2.51. The Bertz CT molecular complexity index is 1090. The zero-order valence-electron chi connectivity index (χ0n) is 15.7. The number of fused-ring (bicyclic) bond motifs is 1. The summed E-state index contributed by atoms with van der Waals surface area (Å²) in [6, 6.07) is 29.4. The van der Waals surface area contributed by atoms with E-state index in [0.29, 0.717) is 12.2 Å². The molecular weight excluding hydrogens is 346 g/mol. The maximum Gasteiger partial charge on any atom is 0.255 e. The van der Waals surface area contributed by atoms with Crippen molar-refractivity contribution < 1.29 is 9.53 Å². The molecule has 0 spiro atoms. The maximum absolute atomic E-state index is 12.6. The Balaban J connectivity index is 1.43. The highest BCUT2D eigenvalue weighted by Crippen LogP contribution is 2.23. The van der Waals surface area contributed by atoms with Crippen LogP contribution in [0.2, 0.25) is 0 Å². The summed E-state index contributed by atoms with van der Waals surface area (Å²) in [4.78, 5) is 12.6. The van der Waals surface area contributed by atoms with Gasteiger partial charge in [-0.25, -0.2) is 0 Å². The Morgan fingerprint density at radius 1 is 0.821 bits per heavy atom. The Morgan fingerprint density at radius 3 is 2.32 bits per heavy atom. The van der Waals surface area contributed by atoms with Gasteiger partial charge in [0.15, 0.2) is 0 Å². The second kappa shape index (κ2) is 7.97. The van der Waals surface area contributed by atoms with Crippen LogP contribution in [0, 0.1) is 6.92 Å². The fraction of sp³-hybridized carbons (Fsp3) is 0.0800. The number of hydrogen-bond acceptors (Lipinski definition) is 2. The van der Waals surface area contributed by atoms with Crippen LogP contribution < -0.4 is 10.1 Å². The van der Waals surface area contributed by atoms with Gasteiger partial charge in [0.2, 0.25) is 0 Å². The molecule has 4 aromatic rings. The van der Waals surface area contributed by atoms with Crippen LogP contribution in [0.1, 0.15) is 21.5 Å². The number of aryl methyl sites for hydroxylation is 1. The predicted octanol–water partition coefficient (Wildman–Crippen LogP) is 5.98. The van der Waals surface area contributed by atoms with Crippen molar-refractivity contribution in [1.29, 1.82) is 0 Å². The molecule has 0 bridgehead atoms. The lowest BCUT2D eigenvalue weighted by Crippen LogP contribution is -2.12. The third-order valence-electron chi connectivity index (χ3n) is 4.68. The standard InChI is InChI=1S/C25H21NO2/c1-18-9-15-22(16-10-18)28-17-19-11-13-21(14-12-19)25(27)26-24-8-4-6-20-5-2-3-7-23(20)24/h2-16H,17H2,1H3,(H,26,27). The van der Waals surface area contributed by atoms with Gasteiger partial charge in [0.1, 0.15) is 12.4 Å². The molecule has 0 radical (unpaired) electrons. The molecule has 0 saturated heterocycles. The Hall–Kier alpha value is -3.59. The highest BCUT2D eigenvalue weighted by molar-refractivity contribution is 6.09. The van der Waals surface area contributed by atoms with Crippen molar-refractivity contribution >= 4 is 22.4 Å². The molecule has 0 heterocycles. The van der Waals surface area contributed by atoms with E-state index in [0.717, 1.165) is 27.8 Å². The normalized spacial score (nSPS) is 10.6. The van der Waals surface area contributed by atoms with Crippen LogP contribution in [0.5, 0.6) is 5.75 Å². The molecule has 4 aromatic carbocycles. The lowest BCUT2D eigenvalue weighted by atomic mass is 10.1. The van der Waals surface area contributed by atoms with Crippen LogP contribution in [0.4, 0.5) is 5.69 Å². The molecule has 28 heavy (non-hydrogen) atoms. The van der Waals surface area contributed by atoms with Crippen LogP contribution in [-0.2, 0) is 6.61 Å². The van der Waals surface area contributed by atoms with Crippen molar-refractivity contribution in [3.63, 3.8) is 0 Å². The number of nitrogens with one attached hydrogen (secondary N) is 1. The number of anilines is 1. The first-order chi connectivity index (χ1) is 13.7. The lowest BCUT2D eigenvalue weighted by molar-refractivity contribution is 0.102. The molecule has 0 aromatic heterocycles. The molecule has 0 saturated carbocycles. The Labute approximate surface area is 164 Å². The smallest absolute Gasteiger partial charge is 0.255 e.